The average Bonchev–Trinajstić information content (AvgIpc) is 2.66. The van der Waals surface area contributed by atoms with Crippen molar-refractivity contribution in [2.75, 3.05) is 45.8 Å². The first kappa shape index (κ1) is 23.7. The zero-order chi connectivity index (χ0) is 18.6. The predicted octanol–water partition coefficient (Wildman–Crippen LogP) is 2.38. The smallest absolute Gasteiger partial charge is 0.251 e. The van der Waals surface area contributed by atoms with Crippen LogP contribution in [0.25, 0.3) is 0 Å². The second-order valence-electron chi connectivity index (χ2n) is 6.72. The molecule has 0 aliphatic carbocycles. The molecular weight excluding hydrogens is 453 g/mol. The molecule has 7 heteroatoms. The van der Waals surface area contributed by atoms with Crippen LogP contribution in [0.4, 0.5) is 0 Å². The number of carbonyl (C=O) groups is 1. The number of likely N-dealkylation sites (tertiary alicyclic amines) is 1. The van der Waals surface area contributed by atoms with E-state index in [1.165, 1.54) is 32.4 Å². The summed E-state index contributed by atoms with van der Waals surface area (Å²) in [6.45, 7) is 10.3. The number of nitrogens with zero attached hydrogens (tertiary/aromatic N) is 2. The number of rotatable bonds is 8. The SMILES string of the molecule is CCNC(=NCCN1CCCCC1)NCCNC(=O)c1cccc(C)c1.I. The third kappa shape index (κ3) is 9.41. The van der Waals surface area contributed by atoms with Crippen molar-refractivity contribution in [1.29, 1.82) is 0 Å². The zero-order valence-corrected chi connectivity index (χ0v) is 18.9. The van der Waals surface area contributed by atoms with Crippen molar-refractivity contribution in [1.82, 2.24) is 20.9 Å². The number of aryl methyl sites for hydroxylation is 1. The van der Waals surface area contributed by atoms with Crippen molar-refractivity contribution in [2.45, 2.75) is 33.1 Å². The van der Waals surface area contributed by atoms with Gasteiger partial charge >= 0.3 is 0 Å². The summed E-state index contributed by atoms with van der Waals surface area (Å²) in [6, 6.07) is 7.62. The van der Waals surface area contributed by atoms with Crippen LogP contribution in [0.2, 0.25) is 0 Å². The van der Waals surface area contributed by atoms with Crippen LogP contribution in [0.15, 0.2) is 29.3 Å². The van der Waals surface area contributed by atoms with E-state index in [1.807, 2.05) is 31.2 Å². The van der Waals surface area contributed by atoms with Crippen molar-refractivity contribution in [3.8, 4) is 0 Å². The fraction of sp³-hybridized carbons (Fsp3) is 0.600. The van der Waals surface area contributed by atoms with E-state index < -0.39 is 0 Å². The molecule has 0 atom stereocenters. The second-order valence-corrected chi connectivity index (χ2v) is 6.72. The topological polar surface area (TPSA) is 68.8 Å². The number of amides is 1. The number of hydrogen-bond donors (Lipinski definition) is 3. The first-order valence-electron chi connectivity index (χ1n) is 9.78. The summed E-state index contributed by atoms with van der Waals surface area (Å²) >= 11 is 0. The molecule has 3 N–H and O–H groups in total. The number of guanidine groups is 1. The van der Waals surface area contributed by atoms with Gasteiger partial charge in [-0.1, -0.05) is 24.1 Å². The Labute approximate surface area is 180 Å². The van der Waals surface area contributed by atoms with Crippen LogP contribution >= 0.6 is 24.0 Å². The van der Waals surface area contributed by atoms with E-state index in [-0.39, 0.29) is 29.9 Å². The van der Waals surface area contributed by atoms with Crippen LogP contribution in [-0.4, -0.2) is 62.6 Å². The maximum absolute atomic E-state index is 12.1. The molecule has 2 rings (SSSR count). The van der Waals surface area contributed by atoms with Gasteiger partial charge in [-0.2, -0.15) is 0 Å². The first-order valence-corrected chi connectivity index (χ1v) is 9.78. The Bertz CT molecular complexity index is 587. The number of piperidine rings is 1. The minimum Gasteiger partial charge on any atom is -0.357 e. The lowest BCUT2D eigenvalue weighted by Gasteiger charge is -2.25. The van der Waals surface area contributed by atoms with Crippen LogP contribution < -0.4 is 16.0 Å². The van der Waals surface area contributed by atoms with E-state index in [0.717, 1.165) is 31.2 Å². The summed E-state index contributed by atoms with van der Waals surface area (Å²) in [6.07, 6.45) is 3.98. The minimum atomic E-state index is -0.0393. The van der Waals surface area contributed by atoms with Crippen molar-refractivity contribution in [3.05, 3.63) is 35.4 Å². The lowest BCUT2D eigenvalue weighted by atomic mass is 10.1. The first-order chi connectivity index (χ1) is 12.7. The molecular formula is C20H34IN5O. The van der Waals surface area contributed by atoms with Gasteiger partial charge in [-0.15, -0.1) is 24.0 Å². The van der Waals surface area contributed by atoms with Crippen molar-refractivity contribution >= 4 is 35.8 Å². The van der Waals surface area contributed by atoms with Crippen LogP contribution in [-0.2, 0) is 0 Å². The summed E-state index contributed by atoms with van der Waals surface area (Å²) in [7, 11) is 0. The van der Waals surface area contributed by atoms with E-state index in [2.05, 4.69) is 32.8 Å². The molecule has 0 saturated carbocycles. The Morgan fingerprint density at radius 2 is 1.85 bits per heavy atom. The summed E-state index contributed by atoms with van der Waals surface area (Å²) in [4.78, 5) is 19.2. The van der Waals surface area contributed by atoms with Gasteiger partial charge in [0.1, 0.15) is 0 Å². The van der Waals surface area contributed by atoms with Gasteiger partial charge in [0.05, 0.1) is 6.54 Å². The molecule has 0 radical (unpaired) electrons. The molecule has 1 aliphatic rings. The van der Waals surface area contributed by atoms with E-state index in [9.17, 15) is 4.79 Å². The van der Waals surface area contributed by atoms with Crippen LogP contribution in [0.1, 0.15) is 42.1 Å². The second kappa shape index (κ2) is 13.8. The monoisotopic (exact) mass is 487 g/mol. The van der Waals surface area contributed by atoms with Gasteiger partial charge in [-0.05, 0) is 51.9 Å². The van der Waals surface area contributed by atoms with Crippen molar-refractivity contribution < 1.29 is 4.79 Å². The highest BCUT2D eigenvalue weighted by Crippen LogP contribution is 2.07. The third-order valence-corrected chi connectivity index (χ3v) is 4.46. The number of halogens is 1. The fourth-order valence-electron chi connectivity index (χ4n) is 3.07. The highest BCUT2D eigenvalue weighted by Gasteiger charge is 2.09. The van der Waals surface area contributed by atoms with Crippen LogP contribution in [0.5, 0.6) is 0 Å². The molecule has 1 fully saturated rings. The molecule has 1 aliphatic heterocycles. The summed E-state index contributed by atoms with van der Waals surface area (Å²) < 4.78 is 0. The summed E-state index contributed by atoms with van der Waals surface area (Å²) in [5, 5.41) is 9.48. The number of benzene rings is 1. The molecule has 0 aromatic heterocycles. The molecule has 1 heterocycles. The van der Waals surface area contributed by atoms with Gasteiger partial charge in [-0.3, -0.25) is 9.79 Å². The molecule has 1 aromatic rings. The molecule has 1 aromatic carbocycles. The van der Waals surface area contributed by atoms with Gasteiger partial charge in [0.25, 0.3) is 5.91 Å². The highest BCUT2D eigenvalue weighted by atomic mass is 127. The lowest BCUT2D eigenvalue weighted by molar-refractivity contribution is 0.0954. The maximum Gasteiger partial charge on any atom is 0.251 e. The number of carbonyl (C=O) groups excluding carboxylic acids is 1. The molecule has 0 bridgehead atoms. The van der Waals surface area contributed by atoms with E-state index in [1.54, 1.807) is 0 Å². The Hall–Kier alpha value is -1.35. The Kier molecular flexibility index (Phi) is 12.1. The van der Waals surface area contributed by atoms with Crippen molar-refractivity contribution in [3.63, 3.8) is 0 Å². The molecule has 1 amide bonds. The van der Waals surface area contributed by atoms with Crippen molar-refractivity contribution in [2.24, 2.45) is 4.99 Å². The van der Waals surface area contributed by atoms with E-state index >= 15 is 0 Å². The van der Waals surface area contributed by atoms with Gasteiger partial charge in [0.15, 0.2) is 5.96 Å². The molecule has 152 valence electrons. The molecule has 0 spiro atoms. The minimum absolute atomic E-state index is 0. The maximum atomic E-state index is 12.1. The van der Waals surface area contributed by atoms with E-state index in [0.29, 0.717) is 18.7 Å². The standard InChI is InChI=1S/C20H33N5O.HI/c1-3-21-20(24-12-15-25-13-5-4-6-14-25)23-11-10-22-19(26)18-9-7-8-17(2)16-18;/h7-9,16H,3-6,10-15H2,1-2H3,(H,22,26)(H2,21,23,24);1H. The quantitative estimate of drug-likeness (QED) is 0.228. The third-order valence-electron chi connectivity index (χ3n) is 4.46. The molecule has 6 nitrogen and oxygen atoms in total. The summed E-state index contributed by atoms with van der Waals surface area (Å²) in [5.41, 5.74) is 1.79. The van der Waals surface area contributed by atoms with Crippen LogP contribution in [0, 0.1) is 6.92 Å². The fourth-order valence-corrected chi connectivity index (χ4v) is 3.07. The summed E-state index contributed by atoms with van der Waals surface area (Å²) in [5.74, 6) is 0.775. The lowest BCUT2D eigenvalue weighted by Crippen LogP contribution is -2.42. The number of nitrogens with one attached hydrogen (secondary N) is 3. The zero-order valence-electron chi connectivity index (χ0n) is 16.6. The number of hydrogen-bond acceptors (Lipinski definition) is 3. The van der Waals surface area contributed by atoms with E-state index in [4.69, 9.17) is 0 Å². The predicted molar refractivity (Wildman–Crippen MR) is 123 cm³/mol. The molecule has 0 unspecified atom stereocenters. The van der Waals surface area contributed by atoms with Gasteiger partial charge in [0.2, 0.25) is 0 Å². The number of aliphatic imine (C=N–C) groups is 1. The van der Waals surface area contributed by atoms with Gasteiger partial charge < -0.3 is 20.9 Å². The highest BCUT2D eigenvalue weighted by molar-refractivity contribution is 14.0. The van der Waals surface area contributed by atoms with Gasteiger partial charge in [0, 0.05) is 31.7 Å². The van der Waals surface area contributed by atoms with Crippen LogP contribution in [0.3, 0.4) is 0 Å². The Morgan fingerprint density at radius 3 is 2.56 bits per heavy atom. The molecule has 1 saturated heterocycles. The Morgan fingerprint density at radius 1 is 1.11 bits per heavy atom. The molecule has 27 heavy (non-hydrogen) atoms. The van der Waals surface area contributed by atoms with Gasteiger partial charge in [-0.25, -0.2) is 0 Å². The largest absolute Gasteiger partial charge is 0.357 e. The normalized spacial score (nSPS) is 15.0. The Balaban J connectivity index is 0.00000364. The average molecular weight is 487 g/mol.